The summed E-state index contributed by atoms with van der Waals surface area (Å²) >= 11 is 0. The molecule has 0 saturated heterocycles. The maximum atomic E-state index is 13.2. The summed E-state index contributed by atoms with van der Waals surface area (Å²) in [5.74, 6) is -0.640. The van der Waals surface area contributed by atoms with E-state index in [0.29, 0.717) is 11.8 Å². The van der Waals surface area contributed by atoms with E-state index < -0.39 is 23.7 Å². The molecule has 5 aliphatic rings. The van der Waals surface area contributed by atoms with Crippen LogP contribution in [-0.2, 0) is 19.1 Å². The van der Waals surface area contributed by atoms with Crippen LogP contribution in [0.25, 0.3) is 0 Å². The van der Waals surface area contributed by atoms with Gasteiger partial charge in [-0.1, -0.05) is 47.3 Å². The van der Waals surface area contributed by atoms with Crippen LogP contribution in [0.1, 0.15) is 80.1 Å². The Balaban J connectivity index is 1.50. The number of hydrogen-bond donors (Lipinski definition) is 2. The van der Waals surface area contributed by atoms with Gasteiger partial charge in [-0.15, -0.1) is 0 Å². The predicted molar refractivity (Wildman–Crippen MR) is 144 cm³/mol. The van der Waals surface area contributed by atoms with Gasteiger partial charge in [0.2, 0.25) is 0 Å². The molecule has 0 bridgehead atoms. The lowest BCUT2D eigenvalue weighted by Crippen LogP contribution is -2.56. The standard InChI is InChI=1S/C32H46O6/c1-17(15-33)18(2)27(36)28(37)20(4)26-24(38-21(5)34)14-30(7)25-9-8-22-19(3)23(35)10-11-31(22)16-32(25,31)13-12-29(26,30)6/h10-11,17,19-20,22,24-26,28,33,37H,2,8-9,12-16H2,1,3-7H3. The van der Waals surface area contributed by atoms with Gasteiger partial charge in [-0.2, -0.15) is 0 Å². The number of hydrogen-bond acceptors (Lipinski definition) is 6. The first-order valence-electron chi connectivity index (χ1n) is 14.6. The molecular formula is C32H46O6. The van der Waals surface area contributed by atoms with E-state index in [0.717, 1.165) is 38.5 Å². The van der Waals surface area contributed by atoms with Crippen molar-refractivity contribution in [3.8, 4) is 0 Å². The first-order chi connectivity index (χ1) is 17.7. The average molecular weight is 527 g/mol. The van der Waals surface area contributed by atoms with Gasteiger partial charge < -0.3 is 14.9 Å². The largest absolute Gasteiger partial charge is 0.462 e. The summed E-state index contributed by atoms with van der Waals surface area (Å²) in [5.41, 5.74) is 0.144. The summed E-state index contributed by atoms with van der Waals surface area (Å²) < 4.78 is 6.01. The third-order valence-corrected chi connectivity index (χ3v) is 12.9. The third kappa shape index (κ3) is 3.41. The highest BCUT2D eigenvalue weighted by atomic mass is 16.5. The Kier molecular flexibility index (Phi) is 6.47. The first kappa shape index (κ1) is 27.8. The molecule has 210 valence electrons. The van der Waals surface area contributed by atoms with Crippen LogP contribution in [0.2, 0.25) is 0 Å². The van der Waals surface area contributed by atoms with Gasteiger partial charge in [-0.05, 0) is 89.6 Å². The number of allylic oxidation sites excluding steroid dienone is 2. The second kappa shape index (κ2) is 8.86. The zero-order valence-corrected chi connectivity index (χ0v) is 24.0. The first-order valence-corrected chi connectivity index (χ1v) is 14.6. The molecular weight excluding hydrogens is 480 g/mol. The maximum absolute atomic E-state index is 13.2. The highest BCUT2D eigenvalue weighted by molar-refractivity contribution is 5.98. The van der Waals surface area contributed by atoms with Crippen molar-refractivity contribution in [1.29, 1.82) is 0 Å². The Morgan fingerprint density at radius 2 is 1.87 bits per heavy atom. The number of esters is 1. The zero-order valence-electron chi connectivity index (χ0n) is 24.0. The molecule has 5 aliphatic carbocycles. The molecule has 0 heterocycles. The Hall–Kier alpha value is -1.79. The van der Waals surface area contributed by atoms with Gasteiger partial charge in [0, 0.05) is 31.3 Å². The van der Waals surface area contributed by atoms with Gasteiger partial charge in [-0.25, -0.2) is 0 Å². The van der Waals surface area contributed by atoms with E-state index in [1.54, 1.807) is 6.92 Å². The Labute approximate surface area is 227 Å². The molecule has 2 spiro atoms. The molecule has 0 aliphatic heterocycles. The second-order valence-electron chi connectivity index (χ2n) is 14.1. The highest BCUT2D eigenvalue weighted by Crippen LogP contribution is 2.87. The molecule has 5 rings (SSSR count). The van der Waals surface area contributed by atoms with Crippen LogP contribution >= 0.6 is 0 Å². The van der Waals surface area contributed by atoms with Crippen molar-refractivity contribution in [2.45, 2.75) is 92.3 Å². The number of ketones is 2. The van der Waals surface area contributed by atoms with Crippen LogP contribution in [0.3, 0.4) is 0 Å². The third-order valence-electron chi connectivity index (χ3n) is 12.9. The lowest BCUT2D eigenvalue weighted by Gasteiger charge is -2.61. The summed E-state index contributed by atoms with van der Waals surface area (Å²) in [6.45, 7) is 15.5. The molecule has 6 nitrogen and oxygen atoms in total. The summed E-state index contributed by atoms with van der Waals surface area (Å²) in [5, 5.41) is 20.9. The molecule has 0 radical (unpaired) electrons. The van der Waals surface area contributed by atoms with Crippen molar-refractivity contribution in [1.82, 2.24) is 0 Å². The second-order valence-corrected chi connectivity index (χ2v) is 14.1. The van der Waals surface area contributed by atoms with E-state index in [2.05, 4.69) is 33.4 Å². The average Bonchev–Trinajstić information content (AvgIpc) is 3.48. The Morgan fingerprint density at radius 1 is 1.18 bits per heavy atom. The van der Waals surface area contributed by atoms with Gasteiger partial charge in [-0.3, -0.25) is 14.4 Å². The molecule has 0 aromatic rings. The maximum Gasteiger partial charge on any atom is 0.302 e. The van der Waals surface area contributed by atoms with Crippen molar-refractivity contribution in [2.24, 2.45) is 57.2 Å². The Morgan fingerprint density at radius 3 is 2.50 bits per heavy atom. The van der Waals surface area contributed by atoms with E-state index >= 15 is 0 Å². The summed E-state index contributed by atoms with van der Waals surface area (Å²) in [4.78, 5) is 38.1. The quantitative estimate of drug-likeness (QED) is 0.369. The summed E-state index contributed by atoms with van der Waals surface area (Å²) in [6.07, 6.45) is 8.39. The number of fused-ring (bicyclic) bond motifs is 2. The monoisotopic (exact) mass is 526 g/mol. The summed E-state index contributed by atoms with van der Waals surface area (Å²) in [6, 6.07) is 0. The van der Waals surface area contributed by atoms with Crippen LogP contribution < -0.4 is 0 Å². The normalized spacial score (nSPS) is 47.1. The fourth-order valence-corrected chi connectivity index (χ4v) is 10.6. The van der Waals surface area contributed by atoms with Gasteiger partial charge in [0.05, 0.1) is 0 Å². The van der Waals surface area contributed by atoms with Crippen LogP contribution in [0.15, 0.2) is 24.3 Å². The van der Waals surface area contributed by atoms with Crippen LogP contribution in [-0.4, -0.2) is 46.6 Å². The number of aliphatic hydroxyl groups is 2. The molecule has 4 fully saturated rings. The van der Waals surface area contributed by atoms with Crippen molar-refractivity contribution in [3.05, 3.63) is 24.3 Å². The van der Waals surface area contributed by atoms with Gasteiger partial charge in [0.15, 0.2) is 11.6 Å². The topological polar surface area (TPSA) is 101 Å². The van der Waals surface area contributed by atoms with E-state index in [-0.39, 0.29) is 63.5 Å². The molecule has 6 heteroatoms. The molecule has 12 atom stereocenters. The number of ether oxygens (including phenoxy) is 1. The predicted octanol–water partition coefficient (Wildman–Crippen LogP) is 4.67. The molecule has 2 N–H and O–H groups in total. The minimum absolute atomic E-state index is 0.0714. The fourth-order valence-electron chi connectivity index (χ4n) is 10.6. The lowest BCUT2D eigenvalue weighted by atomic mass is 9.43. The SMILES string of the molecule is C=C(C(=O)C(O)C(C)C1C(OC(C)=O)CC2(C)C3CCC4C(C)C(=O)C=CC45CC35CCC12C)C(C)CO. The van der Waals surface area contributed by atoms with E-state index in [4.69, 9.17) is 4.74 Å². The number of aliphatic hydroxyl groups excluding tert-OH is 2. The van der Waals surface area contributed by atoms with Crippen LogP contribution in [0.5, 0.6) is 0 Å². The molecule has 4 saturated carbocycles. The number of carbonyl (C=O) groups is 3. The molecule has 0 aromatic carbocycles. The minimum Gasteiger partial charge on any atom is -0.462 e. The van der Waals surface area contributed by atoms with Crippen LogP contribution in [0, 0.1) is 57.2 Å². The molecule has 12 unspecified atom stereocenters. The zero-order chi connectivity index (χ0) is 28.0. The minimum atomic E-state index is -1.27. The van der Waals surface area contributed by atoms with Crippen molar-refractivity contribution < 1.29 is 29.3 Å². The van der Waals surface area contributed by atoms with Gasteiger partial charge >= 0.3 is 5.97 Å². The van der Waals surface area contributed by atoms with E-state index in [1.165, 1.54) is 6.92 Å². The number of rotatable bonds is 7. The van der Waals surface area contributed by atoms with E-state index in [1.807, 2.05) is 13.0 Å². The molecule has 0 amide bonds. The fraction of sp³-hybridized carbons (Fsp3) is 0.781. The Bertz CT molecular complexity index is 1090. The van der Waals surface area contributed by atoms with Crippen molar-refractivity contribution >= 4 is 17.5 Å². The summed E-state index contributed by atoms with van der Waals surface area (Å²) in [7, 11) is 0. The molecule has 38 heavy (non-hydrogen) atoms. The van der Waals surface area contributed by atoms with Gasteiger partial charge in [0.25, 0.3) is 0 Å². The van der Waals surface area contributed by atoms with Crippen LogP contribution in [0.4, 0.5) is 0 Å². The highest BCUT2D eigenvalue weighted by Gasteiger charge is 2.81. The van der Waals surface area contributed by atoms with Crippen molar-refractivity contribution in [3.63, 3.8) is 0 Å². The number of Topliss-reactive ketones (excluding diaryl/α,β-unsaturated/α-hetero) is 1. The molecule has 0 aromatic heterocycles. The van der Waals surface area contributed by atoms with Crippen molar-refractivity contribution in [2.75, 3.05) is 6.61 Å². The lowest BCUT2D eigenvalue weighted by molar-refractivity contribution is -0.154. The smallest absolute Gasteiger partial charge is 0.302 e. The van der Waals surface area contributed by atoms with E-state index in [9.17, 15) is 24.6 Å². The number of carbonyl (C=O) groups excluding carboxylic acids is 3. The van der Waals surface area contributed by atoms with Gasteiger partial charge in [0.1, 0.15) is 12.2 Å².